The molecular formula is C6H10BrNO3. The van der Waals surface area contributed by atoms with Crippen LogP contribution in [-0.2, 0) is 4.84 Å². The number of nitrogens with zero attached hydrogens (tertiary/aromatic N) is 1. The van der Waals surface area contributed by atoms with Gasteiger partial charge in [0.15, 0.2) is 0 Å². The summed E-state index contributed by atoms with van der Waals surface area (Å²) in [6.07, 6.45) is 3.68. The van der Waals surface area contributed by atoms with E-state index in [1.807, 2.05) is 0 Å². The van der Waals surface area contributed by atoms with E-state index in [0.717, 1.165) is 25.7 Å². The maximum Gasteiger partial charge on any atom is 0.294 e. The van der Waals surface area contributed by atoms with E-state index in [4.69, 9.17) is 0 Å². The van der Waals surface area contributed by atoms with Gasteiger partial charge in [0, 0.05) is 4.83 Å². The Morgan fingerprint density at radius 2 is 2.09 bits per heavy atom. The molecule has 11 heavy (non-hydrogen) atoms. The van der Waals surface area contributed by atoms with Gasteiger partial charge in [0.05, 0.1) is 0 Å². The quantitative estimate of drug-likeness (QED) is 0.409. The first-order valence-electron chi connectivity index (χ1n) is 3.65. The summed E-state index contributed by atoms with van der Waals surface area (Å²) in [6, 6.07) is 0. The number of alkyl halides is 1. The standard InChI is InChI=1S/C6H10BrNO3/c7-5-3-1-2-4-6(5)11-8(9)10/h5-6H,1-4H2/t5-,6-/m1/s1. The van der Waals surface area contributed by atoms with Crippen molar-refractivity contribution in [1.82, 2.24) is 0 Å². The topological polar surface area (TPSA) is 52.4 Å². The minimum Gasteiger partial charge on any atom is -0.309 e. The summed E-state index contributed by atoms with van der Waals surface area (Å²) in [5.41, 5.74) is 0. The Morgan fingerprint density at radius 3 is 2.64 bits per heavy atom. The van der Waals surface area contributed by atoms with Crippen molar-refractivity contribution < 1.29 is 9.92 Å². The molecule has 0 aliphatic heterocycles. The first-order valence-corrected chi connectivity index (χ1v) is 4.57. The molecule has 0 aromatic heterocycles. The second kappa shape index (κ2) is 3.90. The largest absolute Gasteiger partial charge is 0.309 e. The zero-order chi connectivity index (χ0) is 8.27. The highest BCUT2D eigenvalue weighted by atomic mass is 79.9. The van der Waals surface area contributed by atoms with Gasteiger partial charge in [-0.15, -0.1) is 10.1 Å². The van der Waals surface area contributed by atoms with Crippen LogP contribution < -0.4 is 0 Å². The lowest BCUT2D eigenvalue weighted by Crippen LogP contribution is -2.29. The van der Waals surface area contributed by atoms with Gasteiger partial charge in [-0.3, -0.25) is 0 Å². The molecule has 0 radical (unpaired) electrons. The Morgan fingerprint density at radius 1 is 1.45 bits per heavy atom. The molecule has 1 saturated carbocycles. The molecule has 1 rings (SSSR count). The van der Waals surface area contributed by atoms with Crippen LogP contribution >= 0.6 is 15.9 Å². The summed E-state index contributed by atoms with van der Waals surface area (Å²) in [7, 11) is 0. The number of hydrogen-bond acceptors (Lipinski definition) is 3. The third kappa shape index (κ3) is 2.65. The van der Waals surface area contributed by atoms with Crippen LogP contribution in [0.4, 0.5) is 0 Å². The van der Waals surface area contributed by atoms with E-state index in [9.17, 15) is 10.1 Å². The molecule has 1 fully saturated rings. The molecule has 0 N–H and O–H groups in total. The summed E-state index contributed by atoms with van der Waals surface area (Å²) >= 11 is 3.35. The van der Waals surface area contributed by atoms with Crippen LogP contribution in [0.5, 0.6) is 0 Å². The van der Waals surface area contributed by atoms with Crippen molar-refractivity contribution in [2.75, 3.05) is 0 Å². The highest BCUT2D eigenvalue weighted by molar-refractivity contribution is 9.09. The van der Waals surface area contributed by atoms with Crippen LogP contribution in [0.15, 0.2) is 0 Å². The first-order chi connectivity index (χ1) is 5.20. The molecule has 0 unspecified atom stereocenters. The van der Waals surface area contributed by atoms with E-state index in [-0.39, 0.29) is 10.9 Å². The van der Waals surface area contributed by atoms with Crippen molar-refractivity contribution >= 4 is 15.9 Å². The van der Waals surface area contributed by atoms with Crippen LogP contribution in [0.3, 0.4) is 0 Å². The fraction of sp³-hybridized carbons (Fsp3) is 1.00. The Balaban J connectivity index is 2.35. The summed E-state index contributed by atoms with van der Waals surface area (Å²) in [6.45, 7) is 0. The lowest BCUT2D eigenvalue weighted by Gasteiger charge is -2.24. The zero-order valence-electron chi connectivity index (χ0n) is 6.03. The Kier molecular flexibility index (Phi) is 3.11. The van der Waals surface area contributed by atoms with Crippen molar-refractivity contribution in [3.8, 4) is 0 Å². The Hall–Kier alpha value is -0.320. The third-order valence-electron chi connectivity index (χ3n) is 1.84. The molecule has 5 heteroatoms. The molecule has 0 aromatic carbocycles. The fourth-order valence-corrected chi connectivity index (χ4v) is 1.97. The van der Waals surface area contributed by atoms with Crippen LogP contribution in [0.2, 0.25) is 0 Å². The molecule has 0 spiro atoms. The van der Waals surface area contributed by atoms with E-state index in [1.54, 1.807) is 0 Å². The van der Waals surface area contributed by atoms with Crippen LogP contribution in [0.1, 0.15) is 25.7 Å². The summed E-state index contributed by atoms with van der Waals surface area (Å²) < 4.78 is 0. The van der Waals surface area contributed by atoms with Gasteiger partial charge in [-0.1, -0.05) is 28.8 Å². The van der Waals surface area contributed by atoms with Gasteiger partial charge < -0.3 is 4.84 Å². The second-order valence-corrected chi connectivity index (χ2v) is 3.84. The molecule has 0 bridgehead atoms. The highest BCUT2D eigenvalue weighted by Crippen LogP contribution is 2.26. The van der Waals surface area contributed by atoms with Crippen LogP contribution in [-0.4, -0.2) is 16.0 Å². The monoisotopic (exact) mass is 223 g/mol. The van der Waals surface area contributed by atoms with Gasteiger partial charge in [0.25, 0.3) is 5.09 Å². The zero-order valence-corrected chi connectivity index (χ0v) is 7.62. The smallest absolute Gasteiger partial charge is 0.294 e. The van der Waals surface area contributed by atoms with E-state index < -0.39 is 5.09 Å². The maximum absolute atomic E-state index is 9.98. The molecule has 1 aliphatic rings. The molecule has 1 aliphatic carbocycles. The molecule has 4 nitrogen and oxygen atoms in total. The number of rotatable bonds is 2. The molecule has 2 atom stereocenters. The third-order valence-corrected chi connectivity index (χ3v) is 2.89. The SMILES string of the molecule is O=[N+]([O-])O[C@@H]1CCCC[C@H]1Br. The molecule has 0 heterocycles. The normalized spacial score (nSPS) is 31.4. The lowest BCUT2D eigenvalue weighted by molar-refractivity contribution is -0.768. The van der Waals surface area contributed by atoms with Gasteiger partial charge in [-0.05, 0) is 12.8 Å². The lowest BCUT2D eigenvalue weighted by atomic mass is 9.98. The van der Waals surface area contributed by atoms with Gasteiger partial charge in [0.1, 0.15) is 6.10 Å². The van der Waals surface area contributed by atoms with Gasteiger partial charge in [-0.2, -0.15) is 0 Å². The fourth-order valence-electron chi connectivity index (χ4n) is 1.28. The predicted molar refractivity (Wildman–Crippen MR) is 43.1 cm³/mol. The van der Waals surface area contributed by atoms with Crippen molar-refractivity contribution in [3.63, 3.8) is 0 Å². The first kappa shape index (κ1) is 8.77. The molecule has 0 saturated heterocycles. The Labute approximate surface area is 73.1 Å². The van der Waals surface area contributed by atoms with Gasteiger partial charge in [-0.25, -0.2) is 0 Å². The maximum atomic E-state index is 9.98. The molecular weight excluding hydrogens is 214 g/mol. The average Bonchev–Trinajstić information content (AvgIpc) is 1.93. The van der Waals surface area contributed by atoms with Crippen molar-refractivity contribution in [3.05, 3.63) is 10.1 Å². The second-order valence-electron chi connectivity index (χ2n) is 2.67. The molecule has 0 aromatic rings. The van der Waals surface area contributed by atoms with Crippen molar-refractivity contribution in [2.45, 2.75) is 36.6 Å². The summed E-state index contributed by atoms with van der Waals surface area (Å²) in [5, 5.41) is 9.27. The van der Waals surface area contributed by atoms with Gasteiger partial charge >= 0.3 is 0 Å². The number of hydrogen-bond donors (Lipinski definition) is 0. The van der Waals surface area contributed by atoms with Crippen LogP contribution in [0, 0.1) is 10.1 Å². The summed E-state index contributed by atoms with van der Waals surface area (Å²) in [5.74, 6) is 0. The predicted octanol–water partition coefficient (Wildman–Crippen LogP) is 1.90. The van der Waals surface area contributed by atoms with E-state index >= 15 is 0 Å². The highest BCUT2D eigenvalue weighted by Gasteiger charge is 2.25. The van der Waals surface area contributed by atoms with E-state index in [1.165, 1.54) is 0 Å². The number of halogens is 1. The van der Waals surface area contributed by atoms with E-state index in [2.05, 4.69) is 20.8 Å². The minimum absolute atomic E-state index is 0.154. The van der Waals surface area contributed by atoms with E-state index in [0.29, 0.717) is 0 Å². The molecule has 0 amide bonds. The minimum atomic E-state index is -0.704. The summed E-state index contributed by atoms with van der Waals surface area (Å²) in [4.78, 5) is 14.6. The van der Waals surface area contributed by atoms with Crippen molar-refractivity contribution in [1.29, 1.82) is 0 Å². The molecule has 64 valence electrons. The Bertz CT molecular complexity index is 153. The van der Waals surface area contributed by atoms with Crippen molar-refractivity contribution in [2.24, 2.45) is 0 Å². The average molecular weight is 224 g/mol. The van der Waals surface area contributed by atoms with Crippen LogP contribution in [0.25, 0.3) is 0 Å². The van der Waals surface area contributed by atoms with Gasteiger partial charge in [0.2, 0.25) is 0 Å².